The minimum Gasteiger partial charge on any atom is -0.390 e. The number of aliphatic hydroxyl groups is 1. The predicted octanol–water partition coefficient (Wildman–Crippen LogP) is 1.54. The summed E-state index contributed by atoms with van der Waals surface area (Å²) in [5.74, 6) is 0. The average molecular weight is 158 g/mol. The van der Waals surface area contributed by atoms with Gasteiger partial charge in [0, 0.05) is 6.20 Å². The quantitative estimate of drug-likeness (QED) is 0.671. The normalized spacial score (nSPS) is 9.90. The van der Waals surface area contributed by atoms with Crippen LogP contribution in [0.15, 0.2) is 12.3 Å². The Morgan fingerprint density at radius 3 is 2.90 bits per heavy atom. The molecular formula is C7H8ClNO. The van der Waals surface area contributed by atoms with E-state index in [1.165, 1.54) is 6.20 Å². The molecule has 1 heterocycles. The van der Waals surface area contributed by atoms with E-state index in [1.54, 1.807) is 6.07 Å². The fourth-order valence-corrected chi connectivity index (χ4v) is 0.947. The highest BCUT2D eigenvalue weighted by molar-refractivity contribution is 6.30. The topological polar surface area (TPSA) is 33.1 Å². The minimum absolute atomic E-state index is 0.0248. The van der Waals surface area contributed by atoms with Gasteiger partial charge in [-0.1, -0.05) is 11.6 Å². The van der Waals surface area contributed by atoms with E-state index < -0.39 is 0 Å². The predicted molar refractivity (Wildman–Crippen MR) is 39.9 cm³/mol. The molecular weight excluding hydrogens is 150 g/mol. The van der Waals surface area contributed by atoms with Crippen LogP contribution in [0.3, 0.4) is 0 Å². The molecule has 54 valence electrons. The van der Waals surface area contributed by atoms with Crippen LogP contribution < -0.4 is 0 Å². The zero-order chi connectivity index (χ0) is 7.56. The van der Waals surface area contributed by atoms with E-state index in [2.05, 4.69) is 4.98 Å². The number of hydrogen-bond donors (Lipinski definition) is 1. The number of halogens is 1. The Morgan fingerprint density at radius 1 is 1.70 bits per heavy atom. The van der Waals surface area contributed by atoms with Gasteiger partial charge in [-0.25, -0.2) is 0 Å². The number of aromatic nitrogens is 1. The van der Waals surface area contributed by atoms with Crippen LogP contribution >= 0.6 is 11.6 Å². The van der Waals surface area contributed by atoms with E-state index in [4.69, 9.17) is 16.7 Å². The van der Waals surface area contributed by atoms with Crippen molar-refractivity contribution in [3.63, 3.8) is 0 Å². The zero-order valence-corrected chi connectivity index (χ0v) is 6.39. The van der Waals surface area contributed by atoms with Crippen molar-refractivity contribution in [2.75, 3.05) is 0 Å². The smallest absolute Gasteiger partial charge is 0.0855 e. The molecule has 0 aliphatic carbocycles. The van der Waals surface area contributed by atoms with Crippen LogP contribution in [-0.2, 0) is 6.61 Å². The van der Waals surface area contributed by atoms with E-state index >= 15 is 0 Å². The molecule has 0 aromatic carbocycles. The molecule has 0 bridgehead atoms. The molecule has 1 N–H and O–H groups in total. The number of hydrogen-bond acceptors (Lipinski definition) is 2. The van der Waals surface area contributed by atoms with Crippen LogP contribution in [0.4, 0.5) is 0 Å². The summed E-state index contributed by atoms with van der Waals surface area (Å²) in [6.07, 6.45) is 1.53. The second-order valence-corrected chi connectivity index (χ2v) is 2.51. The summed E-state index contributed by atoms with van der Waals surface area (Å²) < 4.78 is 0. The van der Waals surface area contributed by atoms with Crippen molar-refractivity contribution in [3.05, 3.63) is 28.5 Å². The lowest BCUT2D eigenvalue weighted by molar-refractivity contribution is 0.276. The Balaban J connectivity index is 3.07. The highest BCUT2D eigenvalue weighted by atomic mass is 35.5. The van der Waals surface area contributed by atoms with Crippen LogP contribution in [0.25, 0.3) is 0 Å². The van der Waals surface area contributed by atoms with Crippen LogP contribution in [0.2, 0.25) is 5.02 Å². The van der Waals surface area contributed by atoms with Gasteiger partial charge < -0.3 is 5.11 Å². The van der Waals surface area contributed by atoms with Gasteiger partial charge in [-0.2, -0.15) is 0 Å². The summed E-state index contributed by atoms with van der Waals surface area (Å²) in [5, 5.41) is 9.31. The fraction of sp³-hybridized carbons (Fsp3) is 0.286. The molecule has 0 aliphatic rings. The molecule has 0 amide bonds. The van der Waals surface area contributed by atoms with Gasteiger partial charge in [0.25, 0.3) is 0 Å². The molecule has 1 rings (SSSR count). The molecule has 2 nitrogen and oxygen atoms in total. The molecule has 0 saturated carbocycles. The Morgan fingerprint density at radius 2 is 2.40 bits per heavy atom. The molecule has 0 spiro atoms. The van der Waals surface area contributed by atoms with E-state index in [0.29, 0.717) is 10.7 Å². The van der Waals surface area contributed by atoms with Gasteiger partial charge in [-0.3, -0.25) is 4.98 Å². The average Bonchev–Trinajstić information content (AvgIpc) is 1.88. The van der Waals surface area contributed by atoms with Crippen molar-refractivity contribution in [3.8, 4) is 0 Å². The van der Waals surface area contributed by atoms with Crippen molar-refractivity contribution in [2.45, 2.75) is 13.5 Å². The third-order valence-electron chi connectivity index (χ3n) is 1.30. The summed E-state index contributed by atoms with van der Waals surface area (Å²) in [6, 6.07) is 1.78. The number of aliphatic hydroxyl groups excluding tert-OH is 1. The van der Waals surface area contributed by atoms with Crippen molar-refractivity contribution in [1.82, 2.24) is 4.98 Å². The molecule has 0 atom stereocenters. The third kappa shape index (κ3) is 1.46. The molecule has 0 radical (unpaired) electrons. The highest BCUT2D eigenvalue weighted by Gasteiger charge is 1.97. The molecule has 0 saturated heterocycles. The van der Waals surface area contributed by atoms with Crippen molar-refractivity contribution in [1.29, 1.82) is 0 Å². The first kappa shape index (κ1) is 7.51. The van der Waals surface area contributed by atoms with Gasteiger partial charge >= 0.3 is 0 Å². The lowest BCUT2D eigenvalue weighted by Crippen LogP contribution is -1.91. The molecule has 1 aromatic rings. The Kier molecular flexibility index (Phi) is 2.25. The van der Waals surface area contributed by atoms with Crippen LogP contribution in [-0.4, -0.2) is 10.1 Å². The van der Waals surface area contributed by atoms with Crippen molar-refractivity contribution >= 4 is 11.6 Å². The molecule has 10 heavy (non-hydrogen) atoms. The number of aryl methyl sites for hydroxylation is 1. The second-order valence-electron chi connectivity index (χ2n) is 2.08. The summed E-state index contributed by atoms with van der Waals surface area (Å²) in [7, 11) is 0. The zero-order valence-electron chi connectivity index (χ0n) is 5.63. The van der Waals surface area contributed by atoms with E-state index in [-0.39, 0.29) is 6.61 Å². The van der Waals surface area contributed by atoms with Gasteiger partial charge in [0.05, 0.1) is 17.3 Å². The number of rotatable bonds is 1. The molecule has 1 aromatic heterocycles. The summed E-state index contributed by atoms with van der Waals surface area (Å²) in [4.78, 5) is 3.91. The van der Waals surface area contributed by atoms with Crippen LogP contribution in [0.5, 0.6) is 0 Å². The van der Waals surface area contributed by atoms with Crippen molar-refractivity contribution in [2.24, 2.45) is 0 Å². The first-order valence-electron chi connectivity index (χ1n) is 2.96. The third-order valence-corrected chi connectivity index (χ3v) is 1.51. The number of nitrogens with zero attached hydrogens (tertiary/aromatic N) is 1. The number of pyridine rings is 1. The Labute approximate surface area is 64.5 Å². The lowest BCUT2D eigenvalue weighted by Gasteiger charge is -1.99. The van der Waals surface area contributed by atoms with Gasteiger partial charge in [0.1, 0.15) is 0 Å². The largest absolute Gasteiger partial charge is 0.390 e. The van der Waals surface area contributed by atoms with Crippen molar-refractivity contribution < 1.29 is 5.11 Å². The first-order valence-corrected chi connectivity index (χ1v) is 3.33. The Bertz CT molecular complexity index is 237. The van der Waals surface area contributed by atoms with Gasteiger partial charge in [-0.15, -0.1) is 0 Å². The van der Waals surface area contributed by atoms with Gasteiger partial charge in [0.2, 0.25) is 0 Å². The van der Waals surface area contributed by atoms with E-state index in [0.717, 1.165) is 5.56 Å². The minimum atomic E-state index is -0.0248. The second kappa shape index (κ2) is 2.99. The maximum absolute atomic E-state index is 8.70. The summed E-state index contributed by atoms with van der Waals surface area (Å²) >= 11 is 5.63. The van der Waals surface area contributed by atoms with Gasteiger partial charge in [-0.05, 0) is 18.6 Å². The molecule has 0 fully saturated rings. The van der Waals surface area contributed by atoms with E-state index in [1.807, 2.05) is 6.92 Å². The highest BCUT2D eigenvalue weighted by Crippen LogP contribution is 2.11. The Hall–Kier alpha value is -0.600. The van der Waals surface area contributed by atoms with Crippen LogP contribution in [0, 0.1) is 6.92 Å². The van der Waals surface area contributed by atoms with Gasteiger partial charge in [0.15, 0.2) is 0 Å². The molecule has 3 heteroatoms. The summed E-state index contributed by atoms with van der Waals surface area (Å²) in [6.45, 7) is 1.84. The SMILES string of the molecule is Cc1cc(Cl)cnc1CO. The molecule has 0 aliphatic heterocycles. The maximum Gasteiger partial charge on any atom is 0.0855 e. The molecule has 0 unspecified atom stereocenters. The lowest BCUT2D eigenvalue weighted by atomic mass is 10.2. The first-order chi connectivity index (χ1) is 4.74. The monoisotopic (exact) mass is 157 g/mol. The summed E-state index contributed by atoms with van der Waals surface area (Å²) in [5.41, 5.74) is 1.61. The van der Waals surface area contributed by atoms with Crippen LogP contribution in [0.1, 0.15) is 11.3 Å². The standard InChI is InChI=1S/C7H8ClNO/c1-5-2-6(8)3-9-7(5)4-10/h2-3,10H,4H2,1H3. The fourth-order valence-electron chi connectivity index (χ4n) is 0.734. The maximum atomic E-state index is 8.70. The van der Waals surface area contributed by atoms with E-state index in [9.17, 15) is 0 Å².